The van der Waals surface area contributed by atoms with E-state index in [1.54, 1.807) is 6.07 Å². The number of para-hydroxylation sites is 2. The molecule has 2 aromatic heterocycles. The van der Waals surface area contributed by atoms with Gasteiger partial charge in [0.1, 0.15) is 17.4 Å². The van der Waals surface area contributed by atoms with E-state index in [4.69, 9.17) is 10.2 Å². The molecule has 1 saturated carbocycles. The second kappa shape index (κ2) is 6.52. The van der Waals surface area contributed by atoms with Crippen LogP contribution < -0.4 is 11.1 Å². The molecule has 0 amide bonds. The van der Waals surface area contributed by atoms with Crippen LogP contribution in [0.4, 0.5) is 11.8 Å². The minimum Gasteiger partial charge on any atom is -0.436 e. The van der Waals surface area contributed by atoms with E-state index in [0.29, 0.717) is 34.8 Å². The second-order valence-electron chi connectivity index (χ2n) is 6.39. The molecule has 0 radical (unpaired) electrons. The maximum absolute atomic E-state index is 10.2. The number of nitrogens with two attached hydrogens (primary N) is 1. The van der Waals surface area contributed by atoms with Gasteiger partial charge in [0.2, 0.25) is 11.8 Å². The molecule has 0 aliphatic heterocycles. The molecule has 0 bridgehead atoms. The number of nitrogen functional groups attached to an aromatic ring is 1. The van der Waals surface area contributed by atoms with Gasteiger partial charge in [-0.2, -0.15) is 4.98 Å². The molecule has 1 fully saturated rings. The van der Waals surface area contributed by atoms with Gasteiger partial charge in [-0.15, -0.1) is 0 Å². The fourth-order valence-corrected chi connectivity index (χ4v) is 3.27. The third kappa shape index (κ3) is 2.85. The van der Waals surface area contributed by atoms with Gasteiger partial charge in [-0.3, -0.25) is 0 Å². The summed E-state index contributed by atoms with van der Waals surface area (Å²) in [5.41, 5.74) is 7.52. The van der Waals surface area contributed by atoms with Crippen LogP contribution >= 0.6 is 0 Å². The van der Waals surface area contributed by atoms with Crippen molar-refractivity contribution in [3.8, 4) is 11.5 Å². The molecule has 6 N–H and O–H groups in total. The van der Waals surface area contributed by atoms with Crippen LogP contribution in [0.5, 0.6) is 0 Å². The minimum atomic E-state index is -1.04. The first-order valence-electron chi connectivity index (χ1n) is 8.29. The second-order valence-corrected chi connectivity index (χ2v) is 6.39. The van der Waals surface area contributed by atoms with Gasteiger partial charge in [-0.05, 0) is 18.6 Å². The largest absolute Gasteiger partial charge is 0.436 e. The zero-order valence-corrected chi connectivity index (χ0v) is 13.8. The Hall–Kier alpha value is -2.75. The molecule has 4 rings (SSSR count). The van der Waals surface area contributed by atoms with Gasteiger partial charge in [0.05, 0.1) is 17.7 Å². The van der Waals surface area contributed by atoms with Crippen LogP contribution in [-0.2, 0) is 0 Å². The van der Waals surface area contributed by atoms with Gasteiger partial charge in [0, 0.05) is 18.7 Å². The molecular weight excluding hydrogens is 338 g/mol. The van der Waals surface area contributed by atoms with E-state index in [-0.39, 0.29) is 12.6 Å². The SMILES string of the molecule is Nc1ncc(-c2nc3ccccc3o2)c(N[C@@H]2C[C@H](CO)[C@@H](O)[C@H]2O)n1. The van der Waals surface area contributed by atoms with Crippen LogP contribution in [0.3, 0.4) is 0 Å². The van der Waals surface area contributed by atoms with Crippen molar-refractivity contribution in [3.05, 3.63) is 30.5 Å². The number of nitrogens with one attached hydrogen (secondary N) is 1. The van der Waals surface area contributed by atoms with Crippen molar-refractivity contribution < 1.29 is 19.7 Å². The summed E-state index contributed by atoms with van der Waals surface area (Å²) < 4.78 is 5.77. The highest BCUT2D eigenvalue weighted by Gasteiger charge is 2.41. The van der Waals surface area contributed by atoms with E-state index >= 15 is 0 Å². The number of aromatic nitrogens is 3. The first-order valence-corrected chi connectivity index (χ1v) is 8.29. The number of anilines is 2. The predicted octanol–water partition coefficient (Wildman–Crippen LogP) is 0.381. The highest BCUT2D eigenvalue weighted by Crippen LogP contribution is 2.33. The molecule has 2 heterocycles. The van der Waals surface area contributed by atoms with Crippen molar-refractivity contribution >= 4 is 22.9 Å². The Morgan fingerprint density at radius 2 is 2.00 bits per heavy atom. The fourth-order valence-electron chi connectivity index (χ4n) is 3.27. The summed E-state index contributed by atoms with van der Waals surface area (Å²) >= 11 is 0. The topological polar surface area (TPSA) is 151 Å². The zero-order chi connectivity index (χ0) is 18.3. The van der Waals surface area contributed by atoms with Crippen molar-refractivity contribution in [1.82, 2.24) is 15.0 Å². The van der Waals surface area contributed by atoms with Gasteiger partial charge in [0.25, 0.3) is 0 Å². The predicted molar refractivity (Wildman–Crippen MR) is 94.1 cm³/mol. The van der Waals surface area contributed by atoms with Crippen LogP contribution in [0.15, 0.2) is 34.9 Å². The lowest BCUT2D eigenvalue weighted by Gasteiger charge is -2.19. The normalized spacial score (nSPS) is 25.7. The van der Waals surface area contributed by atoms with E-state index in [2.05, 4.69) is 20.3 Å². The summed E-state index contributed by atoms with van der Waals surface area (Å²) in [4.78, 5) is 12.6. The number of nitrogens with zero attached hydrogens (tertiary/aromatic N) is 3. The molecule has 1 aromatic carbocycles. The Morgan fingerprint density at radius 1 is 1.19 bits per heavy atom. The summed E-state index contributed by atoms with van der Waals surface area (Å²) in [6.45, 7) is -0.208. The molecule has 0 spiro atoms. The maximum Gasteiger partial charge on any atom is 0.232 e. The van der Waals surface area contributed by atoms with Crippen LogP contribution in [0.1, 0.15) is 6.42 Å². The number of benzene rings is 1. The molecule has 26 heavy (non-hydrogen) atoms. The maximum atomic E-state index is 10.2. The molecule has 0 saturated heterocycles. The highest BCUT2D eigenvalue weighted by atomic mass is 16.3. The average Bonchev–Trinajstić information content (AvgIpc) is 3.18. The van der Waals surface area contributed by atoms with E-state index in [9.17, 15) is 15.3 Å². The number of aliphatic hydroxyl groups excluding tert-OH is 3. The summed E-state index contributed by atoms with van der Waals surface area (Å²) in [5, 5.41) is 32.6. The first kappa shape index (κ1) is 16.7. The highest BCUT2D eigenvalue weighted by molar-refractivity contribution is 5.79. The Balaban J connectivity index is 1.69. The third-order valence-electron chi connectivity index (χ3n) is 4.69. The first-order chi connectivity index (χ1) is 12.6. The number of aliphatic hydroxyl groups is 3. The summed E-state index contributed by atoms with van der Waals surface area (Å²) in [6.07, 6.45) is -0.170. The van der Waals surface area contributed by atoms with Crippen LogP contribution in [-0.4, -0.2) is 55.1 Å². The molecular formula is C17H19N5O4. The smallest absolute Gasteiger partial charge is 0.232 e. The molecule has 4 atom stereocenters. The van der Waals surface area contributed by atoms with E-state index in [0.717, 1.165) is 0 Å². The van der Waals surface area contributed by atoms with Crippen molar-refractivity contribution in [2.24, 2.45) is 5.92 Å². The number of oxazole rings is 1. The van der Waals surface area contributed by atoms with Gasteiger partial charge >= 0.3 is 0 Å². The lowest BCUT2D eigenvalue weighted by atomic mass is 10.1. The van der Waals surface area contributed by atoms with E-state index < -0.39 is 24.2 Å². The van der Waals surface area contributed by atoms with Crippen molar-refractivity contribution in [1.29, 1.82) is 0 Å². The lowest BCUT2D eigenvalue weighted by Crippen LogP contribution is -2.35. The van der Waals surface area contributed by atoms with E-state index in [1.165, 1.54) is 6.20 Å². The Bertz CT molecular complexity index is 897. The molecule has 3 aromatic rings. The molecule has 9 heteroatoms. The molecule has 9 nitrogen and oxygen atoms in total. The third-order valence-corrected chi connectivity index (χ3v) is 4.69. The molecule has 1 aliphatic rings. The lowest BCUT2D eigenvalue weighted by molar-refractivity contribution is 0.00446. The van der Waals surface area contributed by atoms with Crippen molar-refractivity contribution in [2.45, 2.75) is 24.7 Å². The summed E-state index contributed by atoms with van der Waals surface area (Å²) in [5.74, 6) is 0.313. The average molecular weight is 357 g/mol. The number of hydrogen-bond acceptors (Lipinski definition) is 9. The van der Waals surface area contributed by atoms with Gasteiger partial charge in [-0.25, -0.2) is 9.97 Å². The molecule has 136 valence electrons. The minimum absolute atomic E-state index is 0.0547. The summed E-state index contributed by atoms with van der Waals surface area (Å²) in [6, 6.07) is 6.84. The zero-order valence-electron chi connectivity index (χ0n) is 13.8. The van der Waals surface area contributed by atoms with Gasteiger partial charge in [-0.1, -0.05) is 12.1 Å². The number of fused-ring (bicyclic) bond motifs is 1. The monoisotopic (exact) mass is 357 g/mol. The summed E-state index contributed by atoms with van der Waals surface area (Å²) in [7, 11) is 0. The van der Waals surface area contributed by atoms with Crippen molar-refractivity contribution in [2.75, 3.05) is 17.7 Å². The standard InChI is InChI=1S/C17H19N5O4/c18-17-19-6-9(16-21-10-3-1-2-4-12(10)26-16)15(22-17)20-11-5-8(7-23)13(24)14(11)25/h1-4,6,8,11,13-14,23-25H,5,7H2,(H3,18,19,20,22)/t8-,11-,13-,14+/m1/s1. The number of rotatable bonds is 4. The Morgan fingerprint density at radius 3 is 2.73 bits per heavy atom. The van der Waals surface area contributed by atoms with Crippen molar-refractivity contribution in [3.63, 3.8) is 0 Å². The van der Waals surface area contributed by atoms with Crippen LogP contribution in [0.25, 0.3) is 22.6 Å². The van der Waals surface area contributed by atoms with Crippen LogP contribution in [0, 0.1) is 5.92 Å². The van der Waals surface area contributed by atoms with Crippen LogP contribution in [0.2, 0.25) is 0 Å². The molecule has 1 aliphatic carbocycles. The Labute approximate surface area is 148 Å². The molecule has 0 unspecified atom stereocenters. The Kier molecular flexibility index (Phi) is 4.19. The number of hydrogen-bond donors (Lipinski definition) is 5. The quantitative estimate of drug-likeness (QED) is 0.446. The van der Waals surface area contributed by atoms with E-state index in [1.807, 2.05) is 18.2 Å². The van der Waals surface area contributed by atoms with Gasteiger partial charge in [0.15, 0.2) is 5.58 Å². The fraction of sp³-hybridized carbons (Fsp3) is 0.353. The van der Waals surface area contributed by atoms with Gasteiger partial charge < -0.3 is 30.8 Å².